The maximum atomic E-state index is 12.2. The Balaban J connectivity index is 2.08. The summed E-state index contributed by atoms with van der Waals surface area (Å²) in [6.45, 7) is 0. The van der Waals surface area contributed by atoms with Gasteiger partial charge in [0.2, 0.25) is 0 Å². The monoisotopic (exact) mass is 301 g/mol. The number of hydrogen-bond donors (Lipinski definition) is 2. The Morgan fingerprint density at radius 1 is 1.00 bits per heavy atom. The second-order valence-corrected chi connectivity index (χ2v) is 6.23. The van der Waals surface area contributed by atoms with Crippen molar-refractivity contribution in [3.63, 3.8) is 0 Å². The van der Waals surface area contributed by atoms with Gasteiger partial charge in [0.05, 0.1) is 16.2 Å². The molecule has 5 nitrogen and oxygen atoms in total. The average Bonchev–Trinajstić information content (AvgIpc) is 2.46. The predicted octanol–water partition coefficient (Wildman–Crippen LogP) is 2.17. The summed E-state index contributed by atoms with van der Waals surface area (Å²) in [5.74, 6) is -1.02. The first-order chi connectivity index (χ1) is 9.97. The van der Waals surface area contributed by atoms with Crippen LogP contribution in [0.5, 0.6) is 0 Å². The van der Waals surface area contributed by atoms with Gasteiger partial charge in [-0.3, -0.25) is 4.72 Å². The zero-order valence-corrected chi connectivity index (χ0v) is 11.6. The maximum absolute atomic E-state index is 12.2. The van der Waals surface area contributed by atoms with Crippen molar-refractivity contribution in [3.8, 4) is 0 Å². The van der Waals surface area contributed by atoms with Crippen molar-refractivity contribution >= 4 is 27.8 Å². The van der Waals surface area contributed by atoms with Crippen LogP contribution in [-0.2, 0) is 10.0 Å². The third-order valence-corrected chi connectivity index (χ3v) is 4.63. The fraction of sp³-hybridized carbons (Fsp3) is 0. The lowest BCUT2D eigenvalue weighted by Gasteiger charge is -2.19. The number of fused-ring (bicyclic) bond motifs is 1. The number of carboxylic acid groups (broad SMARTS) is 1. The molecule has 3 rings (SSSR count). The number of aromatic carboxylic acids is 1. The third-order valence-electron chi connectivity index (χ3n) is 3.20. The molecule has 6 heteroatoms. The molecule has 106 valence electrons. The minimum atomic E-state index is -3.60. The van der Waals surface area contributed by atoms with Gasteiger partial charge in [-0.25, -0.2) is 13.2 Å². The van der Waals surface area contributed by atoms with Crippen LogP contribution in [0.1, 0.15) is 21.5 Å². The average molecular weight is 301 g/mol. The van der Waals surface area contributed by atoms with Crippen molar-refractivity contribution in [2.24, 2.45) is 0 Å². The van der Waals surface area contributed by atoms with E-state index in [0.29, 0.717) is 16.8 Å². The van der Waals surface area contributed by atoms with Gasteiger partial charge in [-0.1, -0.05) is 30.3 Å². The van der Waals surface area contributed by atoms with Gasteiger partial charge >= 0.3 is 5.97 Å². The van der Waals surface area contributed by atoms with Gasteiger partial charge < -0.3 is 5.11 Å². The fourth-order valence-electron chi connectivity index (χ4n) is 2.16. The largest absolute Gasteiger partial charge is 0.478 e. The third kappa shape index (κ3) is 2.41. The van der Waals surface area contributed by atoms with Crippen LogP contribution in [0, 0.1) is 0 Å². The van der Waals surface area contributed by atoms with E-state index >= 15 is 0 Å². The Morgan fingerprint density at radius 2 is 1.67 bits per heavy atom. The van der Waals surface area contributed by atoms with Crippen LogP contribution >= 0.6 is 0 Å². The van der Waals surface area contributed by atoms with Crippen LogP contribution in [-0.4, -0.2) is 19.5 Å². The first-order valence-corrected chi connectivity index (χ1v) is 7.63. The topological polar surface area (TPSA) is 83.5 Å². The Hall–Kier alpha value is -2.60. The van der Waals surface area contributed by atoms with Crippen LogP contribution in [0.25, 0.3) is 11.8 Å². The Morgan fingerprint density at radius 3 is 2.33 bits per heavy atom. The molecule has 2 aromatic carbocycles. The molecule has 0 bridgehead atoms. The molecule has 1 aliphatic rings. The van der Waals surface area contributed by atoms with E-state index in [-0.39, 0.29) is 10.5 Å². The molecule has 1 aliphatic heterocycles. The summed E-state index contributed by atoms with van der Waals surface area (Å²) >= 11 is 0. The summed E-state index contributed by atoms with van der Waals surface area (Å²) in [6, 6.07) is 12.7. The van der Waals surface area contributed by atoms with Gasteiger partial charge in [0, 0.05) is 0 Å². The highest BCUT2D eigenvalue weighted by atomic mass is 32.2. The van der Waals surface area contributed by atoms with Gasteiger partial charge in [0.25, 0.3) is 10.0 Å². The zero-order chi connectivity index (χ0) is 15.0. The Kier molecular flexibility index (Phi) is 3.03. The molecule has 0 spiro atoms. The quantitative estimate of drug-likeness (QED) is 0.890. The predicted molar refractivity (Wildman–Crippen MR) is 78.0 cm³/mol. The SMILES string of the molecule is O=C(O)c1ccc(C2=Cc3ccccc3S(=O)(=O)N2)cc1. The summed E-state index contributed by atoms with van der Waals surface area (Å²) in [6.07, 6.45) is 1.73. The van der Waals surface area contributed by atoms with Crippen molar-refractivity contribution < 1.29 is 18.3 Å². The van der Waals surface area contributed by atoms with Gasteiger partial charge in [-0.05, 0) is 35.4 Å². The van der Waals surface area contributed by atoms with E-state index in [1.54, 1.807) is 42.5 Å². The van der Waals surface area contributed by atoms with Gasteiger partial charge in [-0.15, -0.1) is 0 Å². The smallest absolute Gasteiger partial charge is 0.335 e. The number of benzene rings is 2. The zero-order valence-electron chi connectivity index (χ0n) is 10.8. The molecule has 1 heterocycles. The molecular formula is C15H11NO4S. The lowest BCUT2D eigenvalue weighted by molar-refractivity contribution is 0.0697. The summed E-state index contributed by atoms with van der Waals surface area (Å²) in [5, 5.41) is 8.87. The van der Waals surface area contributed by atoms with Gasteiger partial charge in [-0.2, -0.15) is 0 Å². The molecule has 0 saturated heterocycles. The van der Waals surface area contributed by atoms with E-state index in [9.17, 15) is 13.2 Å². The first-order valence-electron chi connectivity index (χ1n) is 6.15. The molecule has 0 radical (unpaired) electrons. The summed E-state index contributed by atoms with van der Waals surface area (Å²) in [7, 11) is -3.60. The molecule has 0 aliphatic carbocycles. The van der Waals surface area contributed by atoms with Crippen LogP contribution < -0.4 is 4.72 Å². The molecular weight excluding hydrogens is 290 g/mol. The molecule has 2 aromatic rings. The second-order valence-electron chi connectivity index (χ2n) is 4.58. The number of carboxylic acids is 1. The normalized spacial score (nSPS) is 15.5. The summed E-state index contributed by atoms with van der Waals surface area (Å²) in [5.41, 5.74) is 1.79. The Bertz CT molecular complexity index is 851. The molecule has 0 atom stereocenters. The van der Waals surface area contributed by atoms with E-state index in [4.69, 9.17) is 5.11 Å². The lowest BCUT2D eigenvalue weighted by atomic mass is 10.1. The van der Waals surface area contributed by atoms with Crippen LogP contribution in [0.15, 0.2) is 53.4 Å². The molecule has 0 saturated carbocycles. The van der Waals surface area contributed by atoms with Crippen molar-refractivity contribution in [1.82, 2.24) is 4.72 Å². The standard InChI is InChI=1S/C15H11NO4S/c17-15(18)11-7-5-10(6-8-11)13-9-12-3-1-2-4-14(12)21(19,20)16-13/h1-9,16H,(H,17,18). The van der Waals surface area contributed by atoms with E-state index < -0.39 is 16.0 Å². The summed E-state index contributed by atoms with van der Waals surface area (Å²) < 4.78 is 26.9. The van der Waals surface area contributed by atoms with Crippen LogP contribution in [0.3, 0.4) is 0 Å². The number of carbonyl (C=O) groups is 1. The number of hydrogen-bond acceptors (Lipinski definition) is 3. The Labute approximate surface area is 121 Å². The van der Waals surface area contributed by atoms with Crippen molar-refractivity contribution in [2.75, 3.05) is 0 Å². The highest BCUT2D eigenvalue weighted by Gasteiger charge is 2.23. The molecule has 2 N–H and O–H groups in total. The lowest BCUT2D eigenvalue weighted by Crippen LogP contribution is -2.26. The van der Waals surface area contributed by atoms with Crippen molar-refractivity contribution in [2.45, 2.75) is 4.90 Å². The van der Waals surface area contributed by atoms with E-state index in [1.807, 2.05) is 0 Å². The minimum absolute atomic E-state index is 0.151. The van der Waals surface area contributed by atoms with Crippen molar-refractivity contribution in [1.29, 1.82) is 0 Å². The van der Waals surface area contributed by atoms with Gasteiger partial charge in [0.15, 0.2) is 0 Å². The number of sulfonamides is 1. The molecule has 0 amide bonds. The van der Waals surface area contributed by atoms with Crippen LogP contribution in [0.2, 0.25) is 0 Å². The maximum Gasteiger partial charge on any atom is 0.335 e. The molecule has 0 fully saturated rings. The molecule has 21 heavy (non-hydrogen) atoms. The highest BCUT2D eigenvalue weighted by molar-refractivity contribution is 7.90. The highest BCUT2D eigenvalue weighted by Crippen LogP contribution is 2.28. The van der Waals surface area contributed by atoms with E-state index in [0.717, 1.165) is 0 Å². The number of nitrogens with one attached hydrogen (secondary N) is 1. The second kappa shape index (κ2) is 4.75. The minimum Gasteiger partial charge on any atom is -0.478 e. The van der Waals surface area contributed by atoms with E-state index in [1.165, 1.54) is 12.1 Å². The van der Waals surface area contributed by atoms with E-state index in [2.05, 4.69) is 4.72 Å². The summed E-state index contributed by atoms with van der Waals surface area (Å²) in [4.78, 5) is 11.1. The molecule has 0 aromatic heterocycles. The van der Waals surface area contributed by atoms with Crippen LogP contribution in [0.4, 0.5) is 0 Å². The van der Waals surface area contributed by atoms with Crippen molar-refractivity contribution in [3.05, 3.63) is 65.2 Å². The first kappa shape index (κ1) is 13.4. The van der Waals surface area contributed by atoms with Gasteiger partial charge in [0.1, 0.15) is 0 Å². The fourth-order valence-corrected chi connectivity index (χ4v) is 3.44. The molecule has 0 unspecified atom stereocenters. The number of rotatable bonds is 2.